The van der Waals surface area contributed by atoms with Gasteiger partial charge in [-0.05, 0) is 12.3 Å². The summed E-state index contributed by atoms with van der Waals surface area (Å²) in [4.78, 5) is 11.5. The van der Waals surface area contributed by atoms with E-state index in [0.29, 0.717) is 24.4 Å². The normalized spacial score (nSPS) is 58.7. The molecule has 14 heavy (non-hydrogen) atoms. The lowest BCUT2D eigenvalue weighted by Gasteiger charge is -2.31. The summed E-state index contributed by atoms with van der Waals surface area (Å²) in [5.74, 6) is 1.31. The fourth-order valence-corrected chi connectivity index (χ4v) is 3.67. The van der Waals surface area contributed by atoms with Crippen LogP contribution in [0.3, 0.4) is 0 Å². The molecule has 0 spiro atoms. The lowest BCUT2D eigenvalue weighted by Crippen LogP contribution is -2.40. The van der Waals surface area contributed by atoms with Crippen LogP contribution in [-0.4, -0.2) is 31.6 Å². The fraction of sp³-hybridized carbons (Fsp3) is 0.900. The van der Waals surface area contributed by atoms with Gasteiger partial charge < -0.3 is 14.2 Å². The molecule has 3 saturated heterocycles. The molecule has 3 aliphatic heterocycles. The number of carbonyl (C=O) groups excluding carboxylic acids is 1. The van der Waals surface area contributed by atoms with Gasteiger partial charge in [-0.25, -0.2) is 0 Å². The quantitative estimate of drug-likeness (QED) is 0.518. The third-order valence-electron chi connectivity index (χ3n) is 4.22. The zero-order chi connectivity index (χ0) is 9.28. The Bertz CT molecular complexity index is 300. The summed E-state index contributed by atoms with van der Waals surface area (Å²) in [6.07, 6.45) is 1.09. The summed E-state index contributed by atoms with van der Waals surface area (Å²) in [6.45, 7) is 1.28. The Balaban J connectivity index is 1.77. The summed E-state index contributed by atoms with van der Waals surface area (Å²) in [5.41, 5.74) is 0. The molecule has 4 aliphatic rings. The predicted octanol–water partition coefficient (Wildman–Crippen LogP) is 0.167. The van der Waals surface area contributed by atoms with Crippen molar-refractivity contribution in [2.24, 2.45) is 23.7 Å². The van der Waals surface area contributed by atoms with Gasteiger partial charge in [0.2, 0.25) is 0 Å². The van der Waals surface area contributed by atoms with Gasteiger partial charge in [0.15, 0.2) is 6.29 Å². The van der Waals surface area contributed by atoms with Crippen LogP contribution in [-0.2, 0) is 19.0 Å². The van der Waals surface area contributed by atoms with Crippen LogP contribution in [0.1, 0.15) is 6.42 Å². The van der Waals surface area contributed by atoms with E-state index in [1.54, 1.807) is 0 Å². The first-order chi connectivity index (χ1) is 6.84. The molecule has 0 N–H and O–H groups in total. The van der Waals surface area contributed by atoms with Crippen molar-refractivity contribution in [2.45, 2.75) is 18.8 Å². The third kappa shape index (κ3) is 0.718. The van der Waals surface area contributed by atoms with Gasteiger partial charge in [-0.15, -0.1) is 0 Å². The molecule has 76 valence electrons. The van der Waals surface area contributed by atoms with Crippen molar-refractivity contribution in [3.8, 4) is 0 Å². The van der Waals surface area contributed by atoms with Crippen LogP contribution >= 0.6 is 0 Å². The Morgan fingerprint density at radius 1 is 1.14 bits per heavy atom. The fourth-order valence-electron chi connectivity index (χ4n) is 3.67. The molecule has 4 heteroatoms. The van der Waals surface area contributed by atoms with Gasteiger partial charge in [0, 0.05) is 11.8 Å². The number of hydrogen-bond donors (Lipinski definition) is 0. The molecule has 1 aliphatic carbocycles. The Hall–Kier alpha value is -0.610. The second-order valence-electron chi connectivity index (χ2n) is 4.77. The van der Waals surface area contributed by atoms with Crippen LogP contribution in [0, 0.1) is 23.7 Å². The number of ether oxygens (including phenoxy) is 3. The van der Waals surface area contributed by atoms with Crippen LogP contribution in [0.5, 0.6) is 0 Å². The number of hydrogen-bond acceptors (Lipinski definition) is 4. The highest BCUT2D eigenvalue weighted by Crippen LogP contribution is 2.54. The predicted molar refractivity (Wildman–Crippen MR) is 44.1 cm³/mol. The van der Waals surface area contributed by atoms with Gasteiger partial charge in [0.1, 0.15) is 6.10 Å². The summed E-state index contributed by atoms with van der Waals surface area (Å²) in [5, 5.41) is 0. The standard InChI is InChI=1S/C10H12O4/c11-9-5-3-13-10-7-4(2-12-10)1-6(14-9)8(5)7/h4-8,10H,1-3H2. The van der Waals surface area contributed by atoms with E-state index in [1.807, 2.05) is 0 Å². The Morgan fingerprint density at radius 3 is 2.93 bits per heavy atom. The molecule has 0 bridgehead atoms. The highest BCUT2D eigenvalue weighted by atomic mass is 16.7. The highest BCUT2D eigenvalue weighted by molar-refractivity contribution is 5.76. The molecule has 4 fully saturated rings. The van der Waals surface area contributed by atoms with Crippen molar-refractivity contribution in [1.82, 2.24) is 0 Å². The average molecular weight is 196 g/mol. The molecule has 0 aromatic heterocycles. The van der Waals surface area contributed by atoms with Gasteiger partial charge in [0.05, 0.1) is 19.1 Å². The van der Waals surface area contributed by atoms with Gasteiger partial charge in [-0.2, -0.15) is 0 Å². The smallest absolute Gasteiger partial charge is 0.312 e. The lowest BCUT2D eigenvalue weighted by molar-refractivity contribution is -0.181. The molecule has 6 unspecified atom stereocenters. The molecule has 0 aromatic rings. The summed E-state index contributed by atoms with van der Waals surface area (Å²) in [6, 6.07) is 0. The van der Waals surface area contributed by atoms with Crippen molar-refractivity contribution in [3.05, 3.63) is 0 Å². The second-order valence-corrected chi connectivity index (χ2v) is 4.77. The minimum atomic E-state index is -0.0549. The SMILES string of the molecule is O=C1OC2CC3COC4OCC1C2C34. The maximum absolute atomic E-state index is 11.5. The first-order valence-corrected chi connectivity index (χ1v) is 5.28. The third-order valence-corrected chi connectivity index (χ3v) is 4.22. The van der Waals surface area contributed by atoms with E-state index in [0.717, 1.165) is 13.0 Å². The topological polar surface area (TPSA) is 44.8 Å². The minimum Gasteiger partial charge on any atom is -0.462 e. The Morgan fingerprint density at radius 2 is 2.00 bits per heavy atom. The minimum absolute atomic E-state index is 0.00653. The molecule has 3 heterocycles. The molecule has 0 aromatic carbocycles. The van der Waals surface area contributed by atoms with E-state index >= 15 is 0 Å². The van der Waals surface area contributed by atoms with Gasteiger partial charge in [-0.1, -0.05) is 0 Å². The van der Waals surface area contributed by atoms with E-state index in [1.165, 1.54) is 0 Å². The summed E-state index contributed by atoms with van der Waals surface area (Å²) < 4.78 is 16.5. The van der Waals surface area contributed by atoms with Crippen molar-refractivity contribution in [1.29, 1.82) is 0 Å². The van der Waals surface area contributed by atoms with Crippen LogP contribution in [0.2, 0.25) is 0 Å². The highest BCUT2D eigenvalue weighted by Gasteiger charge is 2.63. The van der Waals surface area contributed by atoms with E-state index in [9.17, 15) is 4.79 Å². The summed E-state index contributed by atoms with van der Waals surface area (Å²) >= 11 is 0. The van der Waals surface area contributed by atoms with Crippen molar-refractivity contribution < 1.29 is 19.0 Å². The second kappa shape index (κ2) is 2.31. The molecule has 0 radical (unpaired) electrons. The van der Waals surface area contributed by atoms with Crippen molar-refractivity contribution in [3.63, 3.8) is 0 Å². The molecule has 6 atom stereocenters. The van der Waals surface area contributed by atoms with E-state index in [2.05, 4.69) is 0 Å². The number of esters is 1. The maximum Gasteiger partial charge on any atom is 0.312 e. The Labute approximate surface area is 81.5 Å². The van der Waals surface area contributed by atoms with E-state index in [-0.39, 0.29) is 24.3 Å². The van der Waals surface area contributed by atoms with Gasteiger partial charge in [0.25, 0.3) is 0 Å². The van der Waals surface area contributed by atoms with Crippen molar-refractivity contribution >= 4 is 5.97 Å². The first-order valence-electron chi connectivity index (χ1n) is 5.28. The van der Waals surface area contributed by atoms with E-state index in [4.69, 9.17) is 14.2 Å². The van der Waals surface area contributed by atoms with Crippen LogP contribution in [0.4, 0.5) is 0 Å². The zero-order valence-corrected chi connectivity index (χ0v) is 7.72. The molecule has 4 nitrogen and oxygen atoms in total. The van der Waals surface area contributed by atoms with E-state index < -0.39 is 0 Å². The molecular weight excluding hydrogens is 184 g/mol. The van der Waals surface area contributed by atoms with Gasteiger partial charge in [-0.3, -0.25) is 4.79 Å². The molecular formula is C10H12O4. The maximum atomic E-state index is 11.5. The Kier molecular flexibility index (Phi) is 1.26. The lowest BCUT2D eigenvalue weighted by atomic mass is 9.81. The van der Waals surface area contributed by atoms with Crippen LogP contribution in [0.15, 0.2) is 0 Å². The van der Waals surface area contributed by atoms with Gasteiger partial charge >= 0.3 is 5.97 Å². The first kappa shape index (κ1) is 7.65. The average Bonchev–Trinajstić information content (AvgIpc) is 2.79. The van der Waals surface area contributed by atoms with Crippen LogP contribution in [0.25, 0.3) is 0 Å². The monoisotopic (exact) mass is 196 g/mol. The number of carbonyl (C=O) groups is 1. The van der Waals surface area contributed by atoms with Crippen molar-refractivity contribution in [2.75, 3.05) is 13.2 Å². The molecule has 1 saturated carbocycles. The summed E-state index contributed by atoms with van der Waals surface area (Å²) in [7, 11) is 0. The van der Waals surface area contributed by atoms with Crippen LogP contribution < -0.4 is 0 Å². The number of rotatable bonds is 0. The molecule has 0 amide bonds. The zero-order valence-electron chi connectivity index (χ0n) is 7.72. The largest absolute Gasteiger partial charge is 0.462 e. The molecule has 4 rings (SSSR count).